The number of nitrogens with two attached hydrogens (primary N) is 2. The Kier molecular flexibility index (Phi) is 3.47. The number of pyridine rings is 1. The quantitative estimate of drug-likeness (QED) is 0.604. The van der Waals surface area contributed by atoms with Crippen LogP contribution in [0.3, 0.4) is 0 Å². The van der Waals surface area contributed by atoms with Gasteiger partial charge in [-0.1, -0.05) is 60.7 Å². The molecule has 0 aliphatic carbocycles. The number of fused-ring (bicyclic) bond motifs is 1. The van der Waals surface area contributed by atoms with Gasteiger partial charge in [0.1, 0.15) is 5.56 Å². The fraction of sp³-hybridized carbons (Fsp3) is 0. The Hall–Kier alpha value is -3.60. The van der Waals surface area contributed by atoms with E-state index in [2.05, 4.69) is 5.10 Å². The van der Waals surface area contributed by atoms with Crippen LogP contribution in [0.5, 0.6) is 0 Å². The Bertz CT molecular complexity index is 1070. The maximum Gasteiger partial charge on any atom is 0.254 e. The highest BCUT2D eigenvalue weighted by atomic mass is 16.1. The molecule has 0 radical (unpaired) electrons. The normalized spacial score (nSPS) is 10.9. The molecule has 4 N–H and O–H groups in total. The lowest BCUT2D eigenvalue weighted by Gasteiger charge is -2.10. The topological polar surface area (TPSA) is 86.4 Å². The fourth-order valence-corrected chi connectivity index (χ4v) is 3.03. The van der Waals surface area contributed by atoms with Gasteiger partial charge in [-0.25, -0.2) is 4.52 Å². The van der Waals surface area contributed by atoms with Crippen LogP contribution in [0, 0.1) is 0 Å². The number of amides is 1. The van der Waals surface area contributed by atoms with Gasteiger partial charge >= 0.3 is 0 Å². The number of carbonyl (C=O) groups excluding carboxylic acids is 1. The average Bonchev–Trinajstić information content (AvgIpc) is 2.98. The van der Waals surface area contributed by atoms with E-state index in [-0.39, 0.29) is 11.4 Å². The van der Waals surface area contributed by atoms with Gasteiger partial charge in [-0.15, -0.1) is 5.10 Å². The first-order valence-electron chi connectivity index (χ1n) is 7.88. The molecule has 4 rings (SSSR count). The molecule has 2 aromatic carbocycles. The molecule has 122 valence electrons. The van der Waals surface area contributed by atoms with Gasteiger partial charge in [0.05, 0.1) is 11.2 Å². The summed E-state index contributed by atoms with van der Waals surface area (Å²) >= 11 is 0. The Labute approximate surface area is 144 Å². The molecule has 0 fully saturated rings. The molecular weight excluding hydrogens is 312 g/mol. The van der Waals surface area contributed by atoms with E-state index in [0.29, 0.717) is 5.52 Å². The smallest absolute Gasteiger partial charge is 0.254 e. The highest BCUT2D eigenvalue weighted by molar-refractivity contribution is 6.05. The Balaban J connectivity index is 2.09. The van der Waals surface area contributed by atoms with E-state index in [1.165, 1.54) is 0 Å². The number of carbonyl (C=O) groups is 1. The number of rotatable bonds is 3. The average molecular weight is 328 g/mol. The van der Waals surface area contributed by atoms with Gasteiger partial charge in [0.15, 0.2) is 5.82 Å². The summed E-state index contributed by atoms with van der Waals surface area (Å²) in [6.07, 6.45) is 0. The van der Waals surface area contributed by atoms with Crippen molar-refractivity contribution in [3.05, 3.63) is 78.4 Å². The highest BCUT2D eigenvalue weighted by Crippen LogP contribution is 2.31. The summed E-state index contributed by atoms with van der Waals surface area (Å²) in [5, 5.41) is 4.34. The Morgan fingerprint density at radius 3 is 2.04 bits per heavy atom. The zero-order valence-corrected chi connectivity index (χ0v) is 13.4. The second-order valence-corrected chi connectivity index (χ2v) is 5.78. The summed E-state index contributed by atoms with van der Waals surface area (Å²) in [5.41, 5.74) is 16.2. The molecule has 0 bridgehead atoms. The summed E-state index contributed by atoms with van der Waals surface area (Å²) in [6, 6.07) is 23.7. The van der Waals surface area contributed by atoms with Crippen molar-refractivity contribution in [3.63, 3.8) is 0 Å². The van der Waals surface area contributed by atoms with Crippen molar-refractivity contribution in [2.45, 2.75) is 0 Å². The van der Waals surface area contributed by atoms with Crippen LogP contribution in [0.2, 0.25) is 0 Å². The molecule has 0 saturated carbocycles. The van der Waals surface area contributed by atoms with E-state index >= 15 is 0 Å². The summed E-state index contributed by atoms with van der Waals surface area (Å²) in [5.74, 6) is -0.452. The van der Waals surface area contributed by atoms with Gasteiger partial charge in [-0.3, -0.25) is 4.79 Å². The van der Waals surface area contributed by atoms with Crippen molar-refractivity contribution in [1.29, 1.82) is 0 Å². The minimum absolute atomic E-state index is 0.134. The van der Waals surface area contributed by atoms with Crippen LogP contribution >= 0.6 is 0 Å². The largest absolute Gasteiger partial charge is 0.382 e. The molecule has 4 aromatic rings. The second kappa shape index (κ2) is 5.79. The van der Waals surface area contributed by atoms with Crippen LogP contribution in [-0.4, -0.2) is 15.5 Å². The van der Waals surface area contributed by atoms with Crippen molar-refractivity contribution >= 4 is 17.2 Å². The molecular formula is C20H16N4O. The van der Waals surface area contributed by atoms with Crippen molar-refractivity contribution in [2.24, 2.45) is 5.73 Å². The summed E-state index contributed by atoms with van der Waals surface area (Å²) in [6.45, 7) is 0. The third-order valence-corrected chi connectivity index (χ3v) is 4.18. The van der Waals surface area contributed by atoms with Crippen molar-refractivity contribution in [2.75, 3.05) is 5.73 Å². The number of hydrogen-bond acceptors (Lipinski definition) is 3. The van der Waals surface area contributed by atoms with E-state index in [9.17, 15) is 4.79 Å². The molecule has 2 aromatic heterocycles. The second-order valence-electron chi connectivity index (χ2n) is 5.78. The van der Waals surface area contributed by atoms with Crippen molar-refractivity contribution in [3.8, 4) is 22.4 Å². The lowest BCUT2D eigenvalue weighted by molar-refractivity contribution is 0.100. The van der Waals surface area contributed by atoms with E-state index in [0.717, 1.165) is 22.4 Å². The standard InChI is InChI=1S/C20H16N4O/c21-19-18(20(22)25)17-12-15(13-7-3-1-4-8-13)11-16(24(17)23-19)14-9-5-2-6-10-14/h1-12H,(H2,21,23)(H2,22,25). The maximum atomic E-state index is 11.9. The van der Waals surface area contributed by atoms with Crippen LogP contribution in [0.15, 0.2) is 72.8 Å². The van der Waals surface area contributed by atoms with Gasteiger partial charge in [0, 0.05) is 5.56 Å². The molecule has 0 saturated heterocycles. The van der Waals surface area contributed by atoms with E-state index in [4.69, 9.17) is 11.5 Å². The fourth-order valence-electron chi connectivity index (χ4n) is 3.03. The van der Waals surface area contributed by atoms with Crippen LogP contribution in [-0.2, 0) is 0 Å². The van der Waals surface area contributed by atoms with Crippen LogP contribution in [0.4, 0.5) is 5.82 Å². The number of anilines is 1. The first kappa shape index (κ1) is 15.0. The minimum atomic E-state index is -0.586. The molecule has 5 heteroatoms. The third kappa shape index (κ3) is 2.52. The summed E-state index contributed by atoms with van der Waals surface area (Å²) in [4.78, 5) is 11.9. The Morgan fingerprint density at radius 1 is 0.840 bits per heavy atom. The van der Waals surface area contributed by atoms with E-state index in [1.54, 1.807) is 4.52 Å². The molecule has 0 atom stereocenters. The van der Waals surface area contributed by atoms with Gasteiger partial charge < -0.3 is 11.5 Å². The van der Waals surface area contributed by atoms with Gasteiger partial charge in [-0.05, 0) is 23.3 Å². The zero-order valence-electron chi connectivity index (χ0n) is 13.4. The zero-order chi connectivity index (χ0) is 17.4. The molecule has 0 aliphatic rings. The van der Waals surface area contributed by atoms with Gasteiger partial charge in [-0.2, -0.15) is 0 Å². The highest BCUT2D eigenvalue weighted by Gasteiger charge is 2.19. The summed E-state index contributed by atoms with van der Waals surface area (Å²) < 4.78 is 1.68. The monoisotopic (exact) mass is 328 g/mol. The lowest BCUT2D eigenvalue weighted by atomic mass is 10.0. The number of hydrogen-bond donors (Lipinski definition) is 2. The molecule has 1 amide bonds. The molecule has 0 aliphatic heterocycles. The first-order valence-corrected chi connectivity index (χ1v) is 7.88. The van der Waals surface area contributed by atoms with Gasteiger partial charge in [0.25, 0.3) is 5.91 Å². The van der Waals surface area contributed by atoms with Crippen molar-refractivity contribution < 1.29 is 4.79 Å². The molecule has 5 nitrogen and oxygen atoms in total. The first-order chi connectivity index (χ1) is 12.1. The number of primary amides is 1. The predicted molar refractivity (Wildman–Crippen MR) is 99.0 cm³/mol. The third-order valence-electron chi connectivity index (χ3n) is 4.18. The molecule has 25 heavy (non-hydrogen) atoms. The van der Waals surface area contributed by atoms with Crippen LogP contribution < -0.4 is 11.5 Å². The maximum absolute atomic E-state index is 11.9. The number of nitrogens with zero attached hydrogens (tertiary/aromatic N) is 2. The van der Waals surface area contributed by atoms with Crippen LogP contribution in [0.25, 0.3) is 27.9 Å². The minimum Gasteiger partial charge on any atom is -0.382 e. The summed E-state index contributed by atoms with van der Waals surface area (Å²) in [7, 11) is 0. The van der Waals surface area contributed by atoms with E-state index < -0.39 is 5.91 Å². The number of aromatic nitrogens is 2. The van der Waals surface area contributed by atoms with E-state index in [1.807, 2.05) is 72.8 Å². The molecule has 0 unspecified atom stereocenters. The lowest BCUT2D eigenvalue weighted by Crippen LogP contribution is -2.12. The van der Waals surface area contributed by atoms with Crippen molar-refractivity contribution in [1.82, 2.24) is 9.61 Å². The number of nitrogen functional groups attached to an aromatic ring is 1. The number of benzene rings is 2. The van der Waals surface area contributed by atoms with Gasteiger partial charge in [0.2, 0.25) is 0 Å². The van der Waals surface area contributed by atoms with Crippen LogP contribution in [0.1, 0.15) is 10.4 Å². The Morgan fingerprint density at radius 2 is 1.44 bits per heavy atom. The molecule has 2 heterocycles. The predicted octanol–water partition coefficient (Wildman–Crippen LogP) is 3.35. The SMILES string of the molecule is NC(=O)c1c(N)nn2c(-c3ccccc3)cc(-c3ccccc3)cc12. The molecule has 0 spiro atoms.